The molecule has 1 heterocycles. The smallest absolute Gasteiger partial charge is 0.280 e. The molecule has 40 heavy (non-hydrogen) atoms. The lowest BCUT2D eigenvalue weighted by Crippen LogP contribution is -2.31. The van der Waals surface area contributed by atoms with Crippen LogP contribution in [-0.4, -0.2) is 37.6 Å². The van der Waals surface area contributed by atoms with Crippen LogP contribution in [0.25, 0.3) is 22.3 Å². The van der Waals surface area contributed by atoms with Gasteiger partial charge in [-0.3, -0.25) is 4.79 Å². The Labute approximate surface area is 235 Å². The number of fused-ring (bicyclic) bond motifs is 1. The molecule has 0 fully saturated rings. The molecule has 212 valence electrons. The van der Waals surface area contributed by atoms with Gasteiger partial charge in [0.25, 0.3) is 5.56 Å². The van der Waals surface area contributed by atoms with Gasteiger partial charge in [-0.1, -0.05) is 63.3 Å². The maximum Gasteiger partial charge on any atom is 0.280 e. The summed E-state index contributed by atoms with van der Waals surface area (Å²) in [5.74, 6) is 2.70. The molecule has 0 bridgehead atoms. The first-order valence-corrected chi connectivity index (χ1v) is 13.9. The molecule has 0 spiro atoms. The van der Waals surface area contributed by atoms with E-state index < -0.39 is 0 Å². The molecule has 1 N–H and O–H groups in total. The zero-order valence-corrected chi connectivity index (χ0v) is 23.9. The lowest BCUT2D eigenvalue weighted by Gasteiger charge is -2.18. The third-order valence-corrected chi connectivity index (χ3v) is 6.83. The highest BCUT2D eigenvalue weighted by Gasteiger charge is 2.19. The summed E-state index contributed by atoms with van der Waals surface area (Å²) in [5, 5.41) is 0.518. The Hall–Kier alpha value is -4.20. The van der Waals surface area contributed by atoms with E-state index in [-0.39, 0.29) is 5.56 Å². The summed E-state index contributed by atoms with van der Waals surface area (Å²) < 4.78 is 24.0. The van der Waals surface area contributed by atoms with Crippen LogP contribution >= 0.6 is 0 Å². The van der Waals surface area contributed by atoms with E-state index in [1.165, 1.54) is 36.8 Å². The summed E-state index contributed by atoms with van der Waals surface area (Å²) in [7, 11) is 4.67. The minimum absolute atomic E-state index is 0.201. The molecule has 0 atom stereocenters. The monoisotopic (exact) mass is 545 g/mol. The van der Waals surface area contributed by atoms with Crippen molar-refractivity contribution in [2.75, 3.05) is 33.4 Å². The van der Waals surface area contributed by atoms with Gasteiger partial charge in [0.2, 0.25) is 5.75 Å². The van der Waals surface area contributed by atoms with Gasteiger partial charge in [-0.15, -0.1) is 0 Å². The van der Waals surface area contributed by atoms with Crippen LogP contribution in [-0.2, 0) is 6.54 Å². The van der Waals surface area contributed by atoms with Gasteiger partial charge in [-0.05, 0) is 48.4 Å². The average molecular weight is 546 g/mol. The lowest BCUT2D eigenvalue weighted by molar-refractivity contribution is 0.304. The van der Waals surface area contributed by atoms with Gasteiger partial charge in [0.1, 0.15) is 5.75 Å². The Bertz CT molecular complexity index is 1420. The molecule has 0 amide bonds. The number of para-hydroxylation sites is 1. The van der Waals surface area contributed by atoms with E-state index in [9.17, 15) is 4.79 Å². The highest BCUT2D eigenvalue weighted by Crippen LogP contribution is 2.40. The van der Waals surface area contributed by atoms with Crippen molar-refractivity contribution in [3.05, 3.63) is 76.6 Å². The van der Waals surface area contributed by atoms with Crippen molar-refractivity contribution in [1.29, 1.82) is 0 Å². The summed E-state index contributed by atoms with van der Waals surface area (Å²) in [6.45, 7) is 3.36. The van der Waals surface area contributed by atoms with Gasteiger partial charge in [-0.25, -0.2) is 9.66 Å². The first-order valence-electron chi connectivity index (χ1n) is 13.9. The number of aromatic nitrogens is 2. The molecule has 4 aromatic rings. The van der Waals surface area contributed by atoms with Crippen molar-refractivity contribution in [2.24, 2.45) is 0 Å². The third-order valence-electron chi connectivity index (χ3n) is 6.83. The summed E-state index contributed by atoms with van der Waals surface area (Å²) in [6, 6.07) is 18.8. The molecule has 0 saturated heterocycles. The second-order valence-corrected chi connectivity index (χ2v) is 9.60. The number of ether oxygens (including phenoxy) is 4. The molecule has 8 nitrogen and oxygen atoms in total. The van der Waals surface area contributed by atoms with Crippen LogP contribution in [0.15, 0.2) is 65.5 Å². The molecule has 0 aliphatic heterocycles. The predicted octanol–water partition coefficient (Wildman–Crippen LogP) is 6.57. The molecule has 0 unspecified atom stereocenters. The third kappa shape index (κ3) is 6.86. The maximum atomic E-state index is 13.6. The van der Waals surface area contributed by atoms with Gasteiger partial charge < -0.3 is 24.4 Å². The largest absolute Gasteiger partial charge is 0.494 e. The van der Waals surface area contributed by atoms with E-state index in [1.54, 1.807) is 39.5 Å². The van der Waals surface area contributed by atoms with E-state index in [0.717, 1.165) is 24.3 Å². The van der Waals surface area contributed by atoms with Gasteiger partial charge in [0.05, 0.1) is 45.4 Å². The van der Waals surface area contributed by atoms with Crippen LogP contribution in [0.5, 0.6) is 23.0 Å². The second kappa shape index (κ2) is 14.3. The van der Waals surface area contributed by atoms with E-state index in [4.69, 9.17) is 23.9 Å². The van der Waals surface area contributed by atoms with Gasteiger partial charge in [-0.2, -0.15) is 0 Å². The topological polar surface area (TPSA) is 83.8 Å². The highest BCUT2D eigenvalue weighted by molar-refractivity contribution is 5.80. The van der Waals surface area contributed by atoms with Crippen molar-refractivity contribution in [3.63, 3.8) is 0 Å². The minimum atomic E-state index is -0.201. The molecule has 4 rings (SSSR count). The Morgan fingerprint density at radius 2 is 1.50 bits per heavy atom. The van der Waals surface area contributed by atoms with Crippen LogP contribution in [0.2, 0.25) is 0 Å². The van der Waals surface area contributed by atoms with E-state index in [0.29, 0.717) is 46.1 Å². The average Bonchev–Trinajstić information content (AvgIpc) is 2.99. The van der Waals surface area contributed by atoms with Crippen molar-refractivity contribution in [2.45, 2.75) is 52.0 Å². The summed E-state index contributed by atoms with van der Waals surface area (Å²) in [6.07, 6.45) is 7.40. The number of rotatable bonds is 15. The fraction of sp³-hybridized carbons (Fsp3) is 0.375. The van der Waals surface area contributed by atoms with Crippen LogP contribution in [0.1, 0.15) is 51.0 Å². The van der Waals surface area contributed by atoms with E-state index in [2.05, 4.69) is 12.3 Å². The Morgan fingerprint density at radius 1 is 0.825 bits per heavy atom. The molecule has 0 radical (unpaired) electrons. The maximum absolute atomic E-state index is 13.6. The predicted molar refractivity (Wildman–Crippen MR) is 159 cm³/mol. The van der Waals surface area contributed by atoms with Crippen LogP contribution in [0.4, 0.5) is 0 Å². The molecule has 3 aromatic carbocycles. The number of hydrogen-bond donors (Lipinski definition) is 1. The summed E-state index contributed by atoms with van der Waals surface area (Å²) in [4.78, 5) is 18.4. The van der Waals surface area contributed by atoms with Gasteiger partial charge >= 0.3 is 0 Å². The standard InChI is InChI=1S/C32H39N3O5/c1-5-6-7-8-9-12-19-40-25-17-15-23(16-18-25)22-33-35-31(34-27-14-11-10-13-26(27)32(35)36)24-20-28(37-2)30(39-4)29(21-24)38-3/h10-11,13-18,20-21,33H,5-9,12,19,22H2,1-4H3. The van der Waals surface area contributed by atoms with Crippen molar-refractivity contribution < 1.29 is 18.9 Å². The molecule has 1 aromatic heterocycles. The second-order valence-electron chi connectivity index (χ2n) is 9.60. The fourth-order valence-electron chi connectivity index (χ4n) is 4.63. The zero-order valence-electron chi connectivity index (χ0n) is 23.9. The Morgan fingerprint density at radius 3 is 2.17 bits per heavy atom. The van der Waals surface area contributed by atoms with Crippen LogP contribution in [0.3, 0.4) is 0 Å². The van der Waals surface area contributed by atoms with Gasteiger partial charge in [0.15, 0.2) is 17.3 Å². The van der Waals surface area contributed by atoms with E-state index >= 15 is 0 Å². The summed E-state index contributed by atoms with van der Waals surface area (Å²) >= 11 is 0. The van der Waals surface area contributed by atoms with Crippen LogP contribution in [0, 0.1) is 0 Å². The van der Waals surface area contributed by atoms with Crippen LogP contribution < -0.4 is 29.9 Å². The minimum Gasteiger partial charge on any atom is -0.494 e. The van der Waals surface area contributed by atoms with Crippen molar-refractivity contribution >= 4 is 10.9 Å². The number of nitrogens with one attached hydrogen (secondary N) is 1. The van der Waals surface area contributed by atoms with E-state index in [1.807, 2.05) is 42.5 Å². The number of methoxy groups -OCH3 is 3. The van der Waals surface area contributed by atoms with Crippen molar-refractivity contribution in [3.8, 4) is 34.4 Å². The normalized spacial score (nSPS) is 10.9. The number of benzene rings is 3. The first-order chi connectivity index (χ1) is 19.6. The van der Waals surface area contributed by atoms with Crippen molar-refractivity contribution in [1.82, 2.24) is 9.66 Å². The highest BCUT2D eigenvalue weighted by atomic mass is 16.5. The van der Waals surface area contributed by atoms with Gasteiger partial charge in [0, 0.05) is 5.56 Å². The molecule has 0 aliphatic rings. The molecule has 0 aliphatic carbocycles. The molecule has 8 heteroatoms. The molecular weight excluding hydrogens is 506 g/mol. The fourth-order valence-corrected chi connectivity index (χ4v) is 4.63. The Kier molecular flexibility index (Phi) is 10.3. The zero-order chi connectivity index (χ0) is 28.3. The quantitative estimate of drug-likeness (QED) is 0.169. The number of nitrogens with zero attached hydrogens (tertiary/aromatic N) is 2. The molecule has 0 saturated carbocycles. The number of unbranched alkanes of at least 4 members (excludes halogenated alkanes) is 5. The summed E-state index contributed by atoms with van der Waals surface area (Å²) in [5.41, 5.74) is 5.32. The lowest BCUT2D eigenvalue weighted by atomic mass is 10.1. The molecular formula is C32H39N3O5. The number of hydrogen-bond acceptors (Lipinski definition) is 7. The SMILES string of the molecule is CCCCCCCCOc1ccc(CNn2c(-c3cc(OC)c(OC)c(OC)c3)nc3ccccc3c2=O)cc1. The Balaban J connectivity index is 1.55. The first kappa shape index (κ1) is 28.8.